The molecule has 70 valence electrons. The van der Waals surface area contributed by atoms with Gasteiger partial charge < -0.3 is 15.7 Å². The van der Waals surface area contributed by atoms with Crippen molar-refractivity contribution in [2.24, 2.45) is 0 Å². The topological polar surface area (TPSA) is 89.0 Å². The van der Waals surface area contributed by atoms with Crippen LogP contribution in [-0.2, 0) is 4.79 Å². The van der Waals surface area contributed by atoms with Crippen molar-refractivity contribution < 1.29 is 20.5 Å². The van der Waals surface area contributed by atoms with E-state index in [0.717, 1.165) is 12.8 Å². The van der Waals surface area contributed by atoms with E-state index in [1.807, 2.05) is 0 Å². The van der Waals surface area contributed by atoms with Crippen LogP contribution in [0.2, 0.25) is 0 Å². The Morgan fingerprint density at radius 1 is 1.36 bits per heavy atom. The highest BCUT2D eigenvalue weighted by atomic mass is 16.4. The zero-order valence-corrected chi connectivity index (χ0v) is 7.13. The fourth-order valence-electron chi connectivity index (χ4n) is 0.158. The van der Waals surface area contributed by atoms with E-state index in [2.05, 4.69) is 6.92 Å². The third kappa shape index (κ3) is 44.6. The minimum atomic E-state index is -0.745. The summed E-state index contributed by atoms with van der Waals surface area (Å²) in [7, 11) is 0. The van der Waals surface area contributed by atoms with Gasteiger partial charge >= 0.3 is 5.97 Å². The molecule has 0 rings (SSSR count). The molecule has 4 heteroatoms. The van der Waals surface area contributed by atoms with Crippen LogP contribution in [0.25, 0.3) is 0 Å². The summed E-state index contributed by atoms with van der Waals surface area (Å²) in [6.07, 6.45) is 2.26. The number of carbonyl (C=O) groups is 1. The van der Waals surface area contributed by atoms with Crippen LogP contribution in [0.15, 0.2) is 0 Å². The smallest absolute Gasteiger partial charge is 0.303 e. The summed E-state index contributed by atoms with van der Waals surface area (Å²) in [6.45, 7) is 4.00. The molecule has 0 amide bonds. The third-order valence-electron chi connectivity index (χ3n) is 0.814. The minimum absolute atomic E-state index is 0. The quantitative estimate of drug-likeness (QED) is 0.637. The van der Waals surface area contributed by atoms with E-state index in [1.165, 1.54) is 0 Å². The van der Waals surface area contributed by atoms with E-state index in [9.17, 15) is 4.79 Å². The second-order valence-corrected chi connectivity index (χ2v) is 1.82. The Morgan fingerprint density at radius 2 is 1.73 bits per heavy atom. The molecule has 0 aromatic heterocycles. The van der Waals surface area contributed by atoms with Gasteiger partial charge in [0, 0.05) is 13.0 Å². The maximum atomic E-state index is 9.37. The molecular weight excluding hydrogens is 148 g/mol. The van der Waals surface area contributed by atoms with Gasteiger partial charge in [-0.3, -0.25) is 4.79 Å². The maximum absolute atomic E-state index is 9.37. The van der Waals surface area contributed by atoms with Crippen molar-refractivity contribution in [1.29, 1.82) is 0 Å². The molecule has 0 spiro atoms. The molecule has 11 heavy (non-hydrogen) atoms. The molecule has 0 aromatic rings. The average molecular weight is 166 g/mol. The average Bonchev–Trinajstić information content (AvgIpc) is 1.91. The van der Waals surface area contributed by atoms with Crippen LogP contribution in [0, 0.1) is 0 Å². The molecule has 0 saturated heterocycles. The van der Waals surface area contributed by atoms with E-state index in [-0.39, 0.29) is 11.9 Å². The van der Waals surface area contributed by atoms with Gasteiger partial charge in [-0.2, -0.15) is 0 Å². The van der Waals surface area contributed by atoms with Crippen molar-refractivity contribution in [3.05, 3.63) is 0 Å². The monoisotopic (exact) mass is 166 g/mol. The molecule has 0 unspecified atom stereocenters. The number of hydrogen-bond donors (Lipinski definition) is 2. The largest absolute Gasteiger partial charge is 0.481 e. The molecular formula is C7H18O4. The lowest BCUT2D eigenvalue weighted by Gasteiger charge is -1.79. The Labute approximate surface area is 67.2 Å². The summed E-state index contributed by atoms with van der Waals surface area (Å²) in [4.78, 5) is 9.37. The van der Waals surface area contributed by atoms with E-state index < -0.39 is 5.97 Å². The van der Waals surface area contributed by atoms with Crippen molar-refractivity contribution in [3.8, 4) is 0 Å². The fourth-order valence-corrected chi connectivity index (χ4v) is 0.158. The molecule has 0 fully saturated rings. The van der Waals surface area contributed by atoms with Crippen molar-refractivity contribution >= 4 is 5.97 Å². The van der Waals surface area contributed by atoms with Crippen LogP contribution in [-0.4, -0.2) is 28.3 Å². The van der Waals surface area contributed by atoms with Gasteiger partial charge in [0.25, 0.3) is 0 Å². The molecule has 0 atom stereocenters. The number of hydrogen-bond acceptors (Lipinski definition) is 2. The summed E-state index contributed by atoms with van der Waals surface area (Å²) in [5.74, 6) is -0.745. The third-order valence-corrected chi connectivity index (χ3v) is 0.814. The summed E-state index contributed by atoms with van der Waals surface area (Å²) >= 11 is 0. The van der Waals surface area contributed by atoms with Crippen molar-refractivity contribution in [1.82, 2.24) is 0 Å². The Balaban J connectivity index is -0.000000107. The van der Waals surface area contributed by atoms with Crippen LogP contribution in [0.5, 0.6) is 0 Å². The van der Waals surface area contributed by atoms with Gasteiger partial charge in [-0.25, -0.2) is 0 Å². The molecule has 0 aliphatic heterocycles. The number of aliphatic hydroxyl groups excluding tert-OH is 1. The Hall–Kier alpha value is -0.610. The molecule has 4 N–H and O–H groups in total. The van der Waals surface area contributed by atoms with Gasteiger partial charge in [0.15, 0.2) is 0 Å². The summed E-state index contributed by atoms with van der Waals surface area (Å²) in [5.41, 5.74) is 0. The van der Waals surface area contributed by atoms with Crippen LogP contribution in [0.1, 0.15) is 33.1 Å². The highest BCUT2D eigenvalue weighted by Crippen LogP contribution is 1.78. The Kier molecular flexibility index (Phi) is 24.7. The van der Waals surface area contributed by atoms with Crippen LogP contribution in [0.4, 0.5) is 0 Å². The SMILES string of the molecule is CCC(=O)O.CCCCO.O. The van der Waals surface area contributed by atoms with Gasteiger partial charge in [-0.1, -0.05) is 20.3 Å². The van der Waals surface area contributed by atoms with Crippen LogP contribution < -0.4 is 0 Å². The predicted molar refractivity (Wildman–Crippen MR) is 43.5 cm³/mol. The van der Waals surface area contributed by atoms with Gasteiger partial charge in [0.2, 0.25) is 0 Å². The van der Waals surface area contributed by atoms with Gasteiger partial charge in [0.05, 0.1) is 0 Å². The van der Waals surface area contributed by atoms with Crippen LogP contribution >= 0.6 is 0 Å². The number of aliphatic hydroxyl groups is 1. The predicted octanol–water partition coefficient (Wildman–Crippen LogP) is 0.435. The molecule has 0 heterocycles. The van der Waals surface area contributed by atoms with E-state index in [0.29, 0.717) is 6.61 Å². The van der Waals surface area contributed by atoms with E-state index >= 15 is 0 Å². The first-order chi connectivity index (χ1) is 4.68. The highest BCUT2D eigenvalue weighted by molar-refractivity contribution is 5.66. The van der Waals surface area contributed by atoms with Crippen molar-refractivity contribution in [2.75, 3.05) is 6.61 Å². The Bertz CT molecular complexity index is 70.8. The lowest BCUT2D eigenvalue weighted by atomic mass is 10.4. The second kappa shape index (κ2) is 16.2. The van der Waals surface area contributed by atoms with Crippen molar-refractivity contribution in [3.63, 3.8) is 0 Å². The standard InChI is InChI=1S/C4H10O.C3H6O2.H2O/c1-2-3-4-5;1-2-3(4)5;/h5H,2-4H2,1H3;2H2,1H3,(H,4,5);1H2. The lowest BCUT2D eigenvalue weighted by molar-refractivity contribution is -0.136. The number of unbranched alkanes of at least 4 members (excludes halogenated alkanes) is 1. The Morgan fingerprint density at radius 3 is 1.73 bits per heavy atom. The lowest BCUT2D eigenvalue weighted by Crippen LogP contribution is -1.86. The van der Waals surface area contributed by atoms with Crippen LogP contribution in [0.3, 0.4) is 0 Å². The second-order valence-electron chi connectivity index (χ2n) is 1.82. The molecule has 0 bridgehead atoms. The molecule has 0 aromatic carbocycles. The first kappa shape index (κ1) is 16.8. The first-order valence-corrected chi connectivity index (χ1v) is 3.51. The zero-order chi connectivity index (χ0) is 8.41. The van der Waals surface area contributed by atoms with Gasteiger partial charge in [0.1, 0.15) is 0 Å². The molecule has 0 aliphatic rings. The number of aliphatic carboxylic acids is 1. The van der Waals surface area contributed by atoms with Gasteiger partial charge in [-0.15, -0.1) is 0 Å². The molecule has 0 aliphatic carbocycles. The fraction of sp³-hybridized carbons (Fsp3) is 0.857. The molecule has 0 saturated carbocycles. The van der Waals surface area contributed by atoms with E-state index in [1.54, 1.807) is 6.92 Å². The number of rotatable bonds is 3. The summed E-state index contributed by atoms with van der Waals surface area (Å²) in [5, 5.41) is 15.8. The zero-order valence-electron chi connectivity index (χ0n) is 7.13. The molecule has 4 nitrogen and oxygen atoms in total. The van der Waals surface area contributed by atoms with Gasteiger partial charge in [-0.05, 0) is 6.42 Å². The van der Waals surface area contributed by atoms with Crippen molar-refractivity contribution in [2.45, 2.75) is 33.1 Å². The number of carboxylic acids is 1. The van der Waals surface area contributed by atoms with E-state index in [4.69, 9.17) is 10.2 Å². The normalized spacial score (nSPS) is 7.18. The summed E-state index contributed by atoms with van der Waals surface area (Å²) < 4.78 is 0. The minimum Gasteiger partial charge on any atom is -0.481 e. The molecule has 0 radical (unpaired) electrons. The number of carboxylic acid groups (broad SMARTS) is 1. The first-order valence-electron chi connectivity index (χ1n) is 3.51. The summed E-state index contributed by atoms with van der Waals surface area (Å²) in [6, 6.07) is 0. The highest BCUT2D eigenvalue weighted by Gasteiger charge is 1.80. The maximum Gasteiger partial charge on any atom is 0.303 e.